The average Bonchev–Trinajstić information content (AvgIpc) is 2.70. The average molecular weight is 323 g/mol. The Labute approximate surface area is 130 Å². The molecule has 0 saturated heterocycles. The molecule has 0 amide bonds. The summed E-state index contributed by atoms with van der Waals surface area (Å²) in [6.45, 7) is 9.41. The van der Waals surface area contributed by atoms with E-state index in [4.69, 9.17) is 0 Å². The first-order valence-corrected chi connectivity index (χ1v) is 8.35. The molecule has 3 N–H and O–H groups in total. The molecule has 120 valence electrons. The number of rotatable bonds is 4. The van der Waals surface area contributed by atoms with Crippen LogP contribution in [0, 0.1) is 13.8 Å². The molecular formula is C14H21N5O2S. The number of anilines is 2. The van der Waals surface area contributed by atoms with E-state index in [9.17, 15) is 8.42 Å². The predicted octanol–water partition coefficient (Wildman–Crippen LogP) is 2.43. The van der Waals surface area contributed by atoms with Crippen molar-refractivity contribution >= 4 is 21.5 Å². The Bertz CT molecular complexity index is 738. The first-order valence-electron chi connectivity index (χ1n) is 6.87. The van der Waals surface area contributed by atoms with E-state index in [1.165, 1.54) is 0 Å². The lowest BCUT2D eigenvalue weighted by atomic mass is 10.1. The summed E-state index contributed by atoms with van der Waals surface area (Å²) in [5.41, 5.74) is 1.66. The number of pyridine rings is 1. The highest BCUT2D eigenvalue weighted by molar-refractivity contribution is 7.92. The van der Waals surface area contributed by atoms with Crippen molar-refractivity contribution in [1.29, 1.82) is 0 Å². The SMILES string of the molecule is Cc1n[nH]c(C)c1S(=O)(=O)Nc1ccc(NC(C)(C)C)cn1. The van der Waals surface area contributed by atoms with Crippen molar-refractivity contribution in [3.63, 3.8) is 0 Å². The Morgan fingerprint density at radius 3 is 2.32 bits per heavy atom. The highest BCUT2D eigenvalue weighted by atomic mass is 32.2. The van der Waals surface area contributed by atoms with Gasteiger partial charge < -0.3 is 5.32 Å². The van der Waals surface area contributed by atoms with Crippen LogP contribution in [0.1, 0.15) is 32.2 Å². The minimum Gasteiger partial charge on any atom is -0.379 e. The van der Waals surface area contributed by atoms with Gasteiger partial charge in [0, 0.05) is 5.54 Å². The number of hydrogen-bond acceptors (Lipinski definition) is 5. The van der Waals surface area contributed by atoms with E-state index in [0.29, 0.717) is 11.4 Å². The second-order valence-electron chi connectivity index (χ2n) is 6.18. The summed E-state index contributed by atoms with van der Waals surface area (Å²) in [6, 6.07) is 3.40. The molecule has 2 heterocycles. The van der Waals surface area contributed by atoms with Crippen molar-refractivity contribution in [3.05, 3.63) is 29.7 Å². The molecule has 0 aromatic carbocycles. The zero-order valence-corrected chi connectivity index (χ0v) is 14.2. The van der Waals surface area contributed by atoms with Gasteiger partial charge in [0.2, 0.25) is 0 Å². The van der Waals surface area contributed by atoms with Gasteiger partial charge in [0.1, 0.15) is 10.7 Å². The summed E-state index contributed by atoms with van der Waals surface area (Å²) in [6.07, 6.45) is 1.60. The molecule has 0 aliphatic heterocycles. The topological polar surface area (TPSA) is 99.8 Å². The minimum absolute atomic E-state index is 0.0896. The Morgan fingerprint density at radius 1 is 1.18 bits per heavy atom. The second kappa shape index (κ2) is 5.60. The molecule has 0 bridgehead atoms. The van der Waals surface area contributed by atoms with Gasteiger partial charge in [-0.05, 0) is 46.8 Å². The van der Waals surface area contributed by atoms with E-state index in [1.54, 1.807) is 32.2 Å². The van der Waals surface area contributed by atoms with Gasteiger partial charge >= 0.3 is 0 Å². The fourth-order valence-electron chi connectivity index (χ4n) is 2.09. The summed E-state index contributed by atoms with van der Waals surface area (Å²) < 4.78 is 27.2. The first kappa shape index (κ1) is 16.3. The Balaban J connectivity index is 2.21. The molecule has 0 radical (unpaired) electrons. The van der Waals surface area contributed by atoms with E-state index < -0.39 is 10.0 Å². The summed E-state index contributed by atoms with van der Waals surface area (Å²) in [7, 11) is -3.71. The molecule has 0 atom stereocenters. The summed E-state index contributed by atoms with van der Waals surface area (Å²) in [5.74, 6) is 0.263. The fourth-order valence-corrected chi connectivity index (χ4v) is 3.47. The zero-order chi connectivity index (χ0) is 16.5. The van der Waals surface area contributed by atoms with Crippen molar-refractivity contribution in [2.45, 2.75) is 45.1 Å². The third-order valence-electron chi connectivity index (χ3n) is 2.85. The Hall–Kier alpha value is -2.09. The van der Waals surface area contributed by atoms with E-state index in [-0.39, 0.29) is 16.3 Å². The molecule has 0 spiro atoms. The van der Waals surface area contributed by atoms with E-state index in [2.05, 4.69) is 25.2 Å². The number of H-pyrrole nitrogens is 1. The first-order chi connectivity index (χ1) is 10.1. The summed E-state index contributed by atoms with van der Waals surface area (Å²) in [4.78, 5) is 4.29. The van der Waals surface area contributed by atoms with Gasteiger partial charge in [0.05, 0.1) is 23.3 Å². The van der Waals surface area contributed by atoms with E-state index in [0.717, 1.165) is 5.69 Å². The van der Waals surface area contributed by atoms with Gasteiger partial charge in [0.25, 0.3) is 10.0 Å². The van der Waals surface area contributed by atoms with Gasteiger partial charge in [0.15, 0.2) is 0 Å². The van der Waals surface area contributed by atoms with Crippen molar-refractivity contribution in [1.82, 2.24) is 15.2 Å². The lowest BCUT2D eigenvalue weighted by Crippen LogP contribution is -2.26. The maximum absolute atomic E-state index is 12.4. The molecule has 8 heteroatoms. The molecule has 0 unspecified atom stereocenters. The van der Waals surface area contributed by atoms with Gasteiger partial charge in [-0.1, -0.05) is 0 Å². The molecule has 7 nitrogen and oxygen atoms in total. The lowest BCUT2D eigenvalue weighted by Gasteiger charge is -2.21. The highest BCUT2D eigenvalue weighted by Crippen LogP contribution is 2.21. The number of nitrogens with one attached hydrogen (secondary N) is 3. The molecule has 0 saturated carbocycles. The normalized spacial score (nSPS) is 12.2. The Morgan fingerprint density at radius 2 is 1.86 bits per heavy atom. The molecule has 22 heavy (non-hydrogen) atoms. The largest absolute Gasteiger partial charge is 0.379 e. The van der Waals surface area contributed by atoms with Crippen LogP contribution in [0.2, 0.25) is 0 Å². The highest BCUT2D eigenvalue weighted by Gasteiger charge is 2.22. The van der Waals surface area contributed by atoms with Crippen molar-refractivity contribution in [2.24, 2.45) is 0 Å². The predicted molar refractivity (Wildman–Crippen MR) is 86.5 cm³/mol. The number of aromatic nitrogens is 3. The molecule has 0 aliphatic carbocycles. The molecule has 2 aromatic heterocycles. The van der Waals surface area contributed by atoms with Crippen LogP contribution < -0.4 is 10.0 Å². The number of aromatic amines is 1. The molecule has 2 aromatic rings. The van der Waals surface area contributed by atoms with Crippen molar-refractivity contribution in [2.75, 3.05) is 10.0 Å². The molecule has 0 aliphatic rings. The Kier molecular flexibility index (Phi) is 4.15. The van der Waals surface area contributed by atoms with Gasteiger partial charge in [-0.25, -0.2) is 13.4 Å². The number of nitrogens with zero attached hydrogens (tertiary/aromatic N) is 2. The monoisotopic (exact) mass is 323 g/mol. The lowest BCUT2D eigenvalue weighted by molar-refractivity contribution is 0.600. The minimum atomic E-state index is -3.71. The van der Waals surface area contributed by atoms with Crippen LogP contribution in [0.3, 0.4) is 0 Å². The van der Waals surface area contributed by atoms with Gasteiger partial charge in [-0.15, -0.1) is 0 Å². The third-order valence-corrected chi connectivity index (χ3v) is 4.47. The van der Waals surface area contributed by atoms with Crippen molar-refractivity contribution in [3.8, 4) is 0 Å². The van der Waals surface area contributed by atoms with Crippen LogP contribution in [0.25, 0.3) is 0 Å². The maximum atomic E-state index is 12.4. The third kappa shape index (κ3) is 3.76. The quantitative estimate of drug-likeness (QED) is 0.802. The van der Waals surface area contributed by atoms with Crippen LogP contribution in [-0.2, 0) is 10.0 Å². The van der Waals surface area contributed by atoms with Crippen LogP contribution in [0.4, 0.5) is 11.5 Å². The smallest absolute Gasteiger partial charge is 0.266 e. The second-order valence-corrected chi connectivity index (χ2v) is 7.80. The van der Waals surface area contributed by atoms with Gasteiger partial charge in [-0.3, -0.25) is 9.82 Å². The summed E-state index contributed by atoms with van der Waals surface area (Å²) in [5, 5.41) is 9.83. The van der Waals surface area contributed by atoms with Crippen molar-refractivity contribution < 1.29 is 8.42 Å². The zero-order valence-electron chi connectivity index (χ0n) is 13.4. The number of sulfonamides is 1. The van der Waals surface area contributed by atoms with Crippen LogP contribution in [0.15, 0.2) is 23.2 Å². The van der Waals surface area contributed by atoms with E-state index >= 15 is 0 Å². The number of aryl methyl sites for hydroxylation is 2. The molecular weight excluding hydrogens is 302 g/mol. The van der Waals surface area contributed by atoms with Crippen LogP contribution in [0.5, 0.6) is 0 Å². The standard InChI is InChI=1S/C14H21N5O2S/c1-9-13(10(2)18-17-9)22(20,21)19-12-7-6-11(8-15-12)16-14(3,4)5/h6-8,16H,1-5H3,(H,15,19)(H,17,18). The maximum Gasteiger partial charge on any atom is 0.266 e. The van der Waals surface area contributed by atoms with E-state index in [1.807, 2.05) is 20.8 Å². The summed E-state index contributed by atoms with van der Waals surface area (Å²) >= 11 is 0. The molecule has 2 rings (SSSR count). The molecule has 0 fully saturated rings. The number of hydrogen-bond donors (Lipinski definition) is 3. The van der Waals surface area contributed by atoms with Crippen LogP contribution in [-0.4, -0.2) is 29.1 Å². The fraction of sp³-hybridized carbons (Fsp3) is 0.429. The van der Waals surface area contributed by atoms with Gasteiger partial charge in [-0.2, -0.15) is 5.10 Å². The van der Waals surface area contributed by atoms with Crippen LogP contribution >= 0.6 is 0 Å².